The van der Waals surface area contributed by atoms with E-state index in [1.165, 1.54) is 0 Å². The maximum Gasteiger partial charge on any atom is 0.0743 e. The molecule has 0 amide bonds. The average Bonchev–Trinajstić information content (AvgIpc) is 3.90. The minimum absolute atomic E-state index is 0.355. The Hall–Kier alpha value is -6.28. The lowest BCUT2D eigenvalue weighted by Gasteiger charge is -2.08. The Labute approximate surface area is 265 Å². The lowest BCUT2D eigenvalue weighted by atomic mass is 10.1. The highest BCUT2D eigenvalue weighted by atomic mass is 14.8. The maximum atomic E-state index is 9.02. The predicted octanol–water partition coefficient (Wildman–Crippen LogP) is 4.19. The van der Waals surface area contributed by atoms with E-state index in [4.69, 9.17) is 20.8 Å². The normalized spacial score (nSPS) is 13.3. The van der Waals surface area contributed by atoms with E-state index in [0.717, 1.165) is 66.7 Å². The van der Waals surface area contributed by atoms with E-state index in [9.17, 15) is 0 Å². The Morgan fingerprint density at radius 3 is 1.33 bits per heavy atom. The van der Waals surface area contributed by atoms with Crippen LogP contribution in [0.15, 0.2) is 122 Å². The Bertz CT molecular complexity index is 2240. The van der Waals surface area contributed by atoms with E-state index >= 15 is 0 Å². The first kappa shape index (κ1) is 28.5. The Morgan fingerprint density at radius 2 is 0.913 bits per heavy atom. The third kappa shape index (κ3) is 5.11. The summed E-state index contributed by atoms with van der Waals surface area (Å²) in [7, 11) is 0. The van der Waals surface area contributed by atoms with Crippen LogP contribution in [0.3, 0.4) is 0 Å². The summed E-state index contributed by atoms with van der Waals surface area (Å²) < 4.78 is 0. The molecule has 0 radical (unpaired) electrons. The fourth-order valence-corrected chi connectivity index (χ4v) is 5.98. The monoisotopic (exact) mass is 600 g/mol. The van der Waals surface area contributed by atoms with Gasteiger partial charge in [0.15, 0.2) is 0 Å². The van der Waals surface area contributed by atoms with E-state index in [1.54, 1.807) is 24.5 Å². The third-order valence-electron chi connectivity index (χ3n) is 7.95. The third-order valence-corrected chi connectivity index (χ3v) is 7.95. The Morgan fingerprint density at radius 1 is 0.500 bits per heavy atom. The van der Waals surface area contributed by atoms with Crippen LogP contribution in [-0.4, -0.2) is 41.3 Å². The first-order chi connectivity index (χ1) is 22.6. The van der Waals surface area contributed by atoms with Crippen LogP contribution in [0, 0.1) is 10.8 Å². The van der Waals surface area contributed by atoms with E-state index in [-0.39, 0.29) is 0 Å². The molecule has 0 unspecified atom stereocenters. The van der Waals surface area contributed by atoms with Gasteiger partial charge in [-0.25, -0.2) is 0 Å². The number of hydrogen-bond donors (Lipinski definition) is 6. The number of rotatable bonds is 6. The highest BCUT2D eigenvalue weighted by Gasteiger charge is 2.19. The van der Waals surface area contributed by atoms with Crippen molar-refractivity contribution in [2.45, 2.75) is 13.8 Å². The van der Waals surface area contributed by atoms with Gasteiger partial charge >= 0.3 is 0 Å². The fraction of sp³-hybridized carbons (Fsp3) is 0.0526. The number of aromatic amines is 4. The van der Waals surface area contributed by atoms with Crippen molar-refractivity contribution in [2.75, 3.05) is 0 Å². The van der Waals surface area contributed by atoms with Crippen LogP contribution in [0.2, 0.25) is 0 Å². The van der Waals surface area contributed by atoms with Gasteiger partial charge in [-0.3, -0.25) is 9.97 Å². The molecule has 0 aromatic carbocycles. The molecule has 8 nitrogen and oxygen atoms in total. The molecular formula is C38H32N8. The number of nitrogens with zero attached hydrogens (tertiary/aromatic N) is 2. The van der Waals surface area contributed by atoms with Crippen molar-refractivity contribution in [1.82, 2.24) is 29.9 Å². The minimum Gasteiger partial charge on any atom is -0.354 e. The van der Waals surface area contributed by atoms with Crippen molar-refractivity contribution >= 4 is 33.7 Å². The summed E-state index contributed by atoms with van der Waals surface area (Å²) in [6, 6.07) is 27.9. The summed E-state index contributed by atoms with van der Waals surface area (Å²) in [5, 5.41) is 21.3. The van der Waals surface area contributed by atoms with Gasteiger partial charge < -0.3 is 30.8 Å². The second-order valence-corrected chi connectivity index (χ2v) is 10.9. The van der Waals surface area contributed by atoms with Gasteiger partial charge in [0.2, 0.25) is 0 Å². The van der Waals surface area contributed by atoms with Crippen molar-refractivity contribution in [3.8, 4) is 0 Å². The summed E-state index contributed by atoms with van der Waals surface area (Å²) >= 11 is 0. The maximum absolute atomic E-state index is 9.02. The van der Waals surface area contributed by atoms with E-state index in [0.29, 0.717) is 22.6 Å². The lowest BCUT2D eigenvalue weighted by molar-refractivity contribution is 1.16. The molecule has 1 aliphatic rings. The molecule has 6 aromatic heterocycles. The van der Waals surface area contributed by atoms with Crippen molar-refractivity contribution in [3.05, 3.63) is 177 Å². The molecule has 0 saturated heterocycles. The summed E-state index contributed by atoms with van der Waals surface area (Å²) in [6.07, 6.45) is 10.9. The molecule has 0 saturated carbocycles. The molecule has 0 fully saturated rings. The SMILES string of the molecule is C/C=C\C(=N)C1=c2ccc([nH]2)=C(C(=N)/C=C\C)c2ccc([nH]2)C(c2ccccn2)=c2ccc([nH]2)=C(c2ccccn2)c2ccc1[nH]2. The van der Waals surface area contributed by atoms with Gasteiger partial charge in [-0.2, -0.15) is 0 Å². The quantitative estimate of drug-likeness (QED) is 0.160. The standard InChI is InChI=1S/C38H32N8/c1-3-9-23(39)35-27-13-14-28(43-27)36(24(40)10-4-2)30-16-18-32(45-30)38(26-12-6-8-22-42-26)34-20-19-33(46-34)37(25-11-5-7-21-41-25)31-17-15-29(35)44-31/h3-22,39-40,43-46H,1-2H3/b9-3-,10-4-,35-27?,35-29?,36-28?,36-30?,37-31?,37-33?,38-32?,38-34?,39-23?,40-24?. The highest BCUT2D eigenvalue weighted by molar-refractivity contribution is 6.27. The molecule has 8 bridgehead atoms. The number of pyridine rings is 2. The van der Waals surface area contributed by atoms with Crippen molar-refractivity contribution in [2.24, 2.45) is 0 Å². The van der Waals surface area contributed by atoms with E-state index in [2.05, 4.69) is 32.1 Å². The molecule has 0 atom stereocenters. The summed E-state index contributed by atoms with van der Waals surface area (Å²) in [5.74, 6) is 0. The number of allylic oxidation sites excluding steroid dienone is 4. The molecule has 6 aromatic rings. The Balaban J connectivity index is 1.65. The topological polar surface area (TPSA) is 137 Å². The number of aromatic nitrogens is 6. The van der Waals surface area contributed by atoms with Gasteiger partial charge in [-0.15, -0.1) is 0 Å². The predicted molar refractivity (Wildman–Crippen MR) is 183 cm³/mol. The smallest absolute Gasteiger partial charge is 0.0743 e. The van der Waals surface area contributed by atoms with Gasteiger partial charge in [0, 0.05) is 34.7 Å². The minimum atomic E-state index is 0.355. The summed E-state index contributed by atoms with van der Waals surface area (Å²) in [4.78, 5) is 23.9. The van der Waals surface area contributed by atoms with E-state index < -0.39 is 0 Å². The summed E-state index contributed by atoms with van der Waals surface area (Å²) in [5.41, 5.74) is 8.83. The zero-order chi connectivity index (χ0) is 31.6. The molecule has 8 heteroatoms. The van der Waals surface area contributed by atoms with Crippen LogP contribution in [0.1, 0.15) is 48.0 Å². The number of hydrogen-bond acceptors (Lipinski definition) is 4. The van der Waals surface area contributed by atoms with Gasteiger partial charge in [-0.05, 0) is 98.8 Å². The zero-order valence-electron chi connectivity index (χ0n) is 25.4. The van der Waals surface area contributed by atoms with Crippen molar-refractivity contribution < 1.29 is 0 Å². The van der Waals surface area contributed by atoms with Gasteiger partial charge in [0.05, 0.1) is 67.0 Å². The average molecular weight is 601 g/mol. The molecule has 46 heavy (non-hydrogen) atoms. The molecule has 6 N–H and O–H groups in total. The van der Waals surface area contributed by atoms with Crippen LogP contribution < -0.4 is 21.4 Å². The molecule has 7 heterocycles. The van der Waals surface area contributed by atoms with Gasteiger partial charge in [0.25, 0.3) is 0 Å². The van der Waals surface area contributed by atoms with Crippen LogP contribution >= 0.6 is 0 Å². The second-order valence-electron chi connectivity index (χ2n) is 10.9. The highest BCUT2D eigenvalue weighted by Crippen LogP contribution is 2.24. The van der Waals surface area contributed by atoms with Crippen molar-refractivity contribution in [3.63, 3.8) is 0 Å². The van der Waals surface area contributed by atoms with Crippen molar-refractivity contribution in [1.29, 1.82) is 10.8 Å². The van der Waals surface area contributed by atoms with E-state index in [1.807, 2.05) is 98.8 Å². The molecule has 224 valence electrons. The zero-order valence-corrected chi connectivity index (χ0v) is 25.4. The number of nitrogens with one attached hydrogen (secondary N) is 6. The molecular weight excluding hydrogens is 568 g/mol. The van der Waals surface area contributed by atoms with Crippen LogP contribution in [0.25, 0.3) is 22.3 Å². The van der Waals surface area contributed by atoms with Gasteiger partial charge in [0.1, 0.15) is 0 Å². The molecule has 0 aliphatic carbocycles. The van der Waals surface area contributed by atoms with Crippen LogP contribution in [0.5, 0.6) is 0 Å². The summed E-state index contributed by atoms with van der Waals surface area (Å²) in [6.45, 7) is 3.81. The van der Waals surface area contributed by atoms with Gasteiger partial charge in [-0.1, -0.05) is 24.3 Å². The number of H-pyrrole nitrogens is 4. The fourth-order valence-electron chi connectivity index (χ4n) is 5.98. The first-order valence-electron chi connectivity index (χ1n) is 15.1. The number of fused-ring (bicyclic) bond motifs is 8. The molecule has 7 rings (SSSR count). The Kier molecular flexibility index (Phi) is 7.44. The lowest BCUT2D eigenvalue weighted by Crippen LogP contribution is -2.21. The van der Waals surface area contributed by atoms with Crippen LogP contribution in [0.4, 0.5) is 0 Å². The second kappa shape index (κ2) is 12.0. The van der Waals surface area contributed by atoms with Crippen LogP contribution in [-0.2, 0) is 0 Å². The molecule has 1 aliphatic heterocycles. The largest absolute Gasteiger partial charge is 0.354 e. The molecule has 0 spiro atoms. The first-order valence-corrected chi connectivity index (χ1v) is 15.1.